The van der Waals surface area contributed by atoms with E-state index in [1.54, 1.807) is 0 Å². The molecule has 0 saturated carbocycles. The number of H-pyrrole nitrogens is 1. The highest BCUT2D eigenvalue weighted by molar-refractivity contribution is 9.10. The van der Waals surface area contributed by atoms with E-state index < -0.39 is 8.32 Å². The van der Waals surface area contributed by atoms with Gasteiger partial charge in [0.25, 0.3) is 0 Å². The molecule has 0 aliphatic rings. The quantitative estimate of drug-likeness (QED) is 0.618. The zero-order valence-corrected chi connectivity index (χ0v) is 17.2. The Morgan fingerprint density at radius 1 is 1.27 bits per heavy atom. The summed E-state index contributed by atoms with van der Waals surface area (Å²) in [5, 5.41) is 1.59. The molecule has 1 atom stereocenters. The maximum absolute atomic E-state index is 6.36. The second-order valence-electron chi connectivity index (χ2n) is 7.88. The van der Waals surface area contributed by atoms with Gasteiger partial charge in [0.15, 0.2) is 8.32 Å². The van der Waals surface area contributed by atoms with Crippen molar-refractivity contribution in [1.82, 2.24) is 4.98 Å². The Morgan fingerprint density at radius 3 is 2.59 bits per heavy atom. The van der Waals surface area contributed by atoms with E-state index in [1.807, 2.05) is 0 Å². The Bertz CT molecular complexity index is 642. The lowest BCUT2D eigenvalue weighted by Crippen LogP contribution is -2.41. The number of nitrogens with one attached hydrogen (secondary N) is 1. The van der Waals surface area contributed by atoms with E-state index in [2.05, 4.69) is 86.1 Å². The molecule has 1 N–H and O–H groups in total. The maximum atomic E-state index is 6.36. The highest BCUT2D eigenvalue weighted by Gasteiger charge is 2.37. The van der Waals surface area contributed by atoms with Crippen molar-refractivity contribution in [3.63, 3.8) is 0 Å². The number of aromatic amines is 1. The molecule has 2 aromatic rings. The van der Waals surface area contributed by atoms with Crippen LogP contribution in [0.25, 0.3) is 10.9 Å². The van der Waals surface area contributed by atoms with Crippen LogP contribution in [0.5, 0.6) is 0 Å². The molecule has 0 aliphatic carbocycles. The summed E-state index contributed by atoms with van der Waals surface area (Å²) in [7, 11) is -1.65. The SMILES string of the molecule is CC(CO[Si](C)(C)C(C)(C)C)Cc1c[nH]c2ccc(Br)cc12. The van der Waals surface area contributed by atoms with Gasteiger partial charge in [-0.2, -0.15) is 0 Å². The Labute approximate surface area is 143 Å². The third-order valence-electron chi connectivity index (χ3n) is 4.83. The van der Waals surface area contributed by atoms with E-state index in [-0.39, 0.29) is 5.04 Å². The lowest BCUT2D eigenvalue weighted by atomic mass is 10.0. The predicted molar refractivity (Wildman–Crippen MR) is 102 cm³/mol. The van der Waals surface area contributed by atoms with E-state index in [1.165, 1.54) is 16.5 Å². The van der Waals surface area contributed by atoms with Crippen molar-refractivity contribution >= 4 is 35.2 Å². The first-order chi connectivity index (χ1) is 10.1. The Morgan fingerprint density at radius 2 is 1.95 bits per heavy atom. The lowest BCUT2D eigenvalue weighted by molar-refractivity contribution is 0.237. The summed E-state index contributed by atoms with van der Waals surface area (Å²) in [6.45, 7) is 14.6. The van der Waals surface area contributed by atoms with Crippen LogP contribution in [-0.4, -0.2) is 19.9 Å². The van der Waals surface area contributed by atoms with Crippen molar-refractivity contribution < 1.29 is 4.43 Å². The van der Waals surface area contributed by atoms with Gasteiger partial charge < -0.3 is 9.41 Å². The first-order valence-corrected chi connectivity index (χ1v) is 11.7. The van der Waals surface area contributed by atoms with Crippen LogP contribution in [0.15, 0.2) is 28.9 Å². The van der Waals surface area contributed by atoms with Gasteiger partial charge in [-0.15, -0.1) is 0 Å². The fraction of sp³-hybridized carbons (Fsp3) is 0.556. The summed E-state index contributed by atoms with van der Waals surface area (Å²) in [5.41, 5.74) is 2.58. The van der Waals surface area contributed by atoms with Crippen LogP contribution in [0, 0.1) is 5.92 Å². The smallest absolute Gasteiger partial charge is 0.191 e. The summed E-state index contributed by atoms with van der Waals surface area (Å²) >= 11 is 3.56. The Kier molecular flexibility index (Phi) is 5.25. The van der Waals surface area contributed by atoms with Crippen LogP contribution < -0.4 is 0 Å². The molecule has 0 bridgehead atoms. The van der Waals surface area contributed by atoms with E-state index in [0.29, 0.717) is 5.92 Å². The topological polar surface area (TPSA) is 25.0 Å². The molecule has 1 aromatic carbocycles. The fourth-order valence-electron chi connectivity index (χ4n) is 2.32. The molecule has 0 saturated heterocycles. The largest absolute Gasteiger partial charge is 0.417 e. The van der Waals surface area contributed by atoms with E-state index in [9.17, 15) is 0 Å². The van der Waals surface area contributed by atoms with Crippen molar-refractivity contribution in [2.24, 2.45) is 5.92 Å². The minimum Gasteiger partial charge on any atom is -0.417 e. The van der Waals surface area contributed by atoms with Gasteiger partial charge in [-0.05, 0) is 54.2 Å². The zero-order chi connectivity index (χ0) is 16.5. The first-order valence-electron chi connectivity index (χ1n) is 7.99. The number of hydrogen-bond donors (Lipinski definition) is 1. The van der Waals surface area contributed by atoms with Crippen molar-refractivity contribution in [2.45, 2.75) is 52.2 Å². The molecule has 0 spiro atoms. The van der Waals surface area contributed by atoms with Gasteiger partial charge in [0.2, 0.25) is 0 Å². The molecule has 1 aromatic heterocycles. The molecule has 1 unspecified atom stereocenters. The number of halogens is 1. The second-order valence-corrected chi connectivity index (χ2v) is 13.6. The monoisotopic (exact) mass is 381 g/mol. The lowest BCUT2D eigenvalue weighted by Gasteiger charge is -2.37. The van der Waals surface area contributed by atoms with Gasteiger partial charge in [0, 0.05) is 28.2 Å². The molecule has 0 radical (unpaired) electrons. The standard InChI is InChI=1S/C18H28BrNOSi/c1-13(12-21-22(5,6)18(2,3)4)9-14-11-20-17-8-7-15(19)10-16(14)17/h7-8,10-11,13,20H,9,12H2,1-6H3. The van der Waals surface area contributed by atoms with Gasteiger partial charge in [0.1, 0.15) is 0 Å². The Hall–Kier alpha value is -0.583. The molecule has 1 heterocycles. The summed E-state index contributed by atoms with van der Waals surface area (Å²) in [6, 6.07) is 6.40. The highest BCUT2D eigenvalue weighted by atomic mass is 79.9. The molecule has 4 heteroatoms. The fourth-order valence-corrected chi connectivity index (χ4v) is 3.82. The molecule has 0 fully saturated rings. The molecule has 0 aliphatic heterocycles. The number of hydrogen-bond acceptors (Lipinski definition) is 1. The summed E-state index contributed by atoms with van der Waals surface area (Å²) in [5.74, 6) is 0.520. The number of aromatic nitrogens is 1. The average molecular weight is 382 g/mol. The highest BCUT2D eigenvalue weighted by Crippen LogP contribution is 2.37. The number of benzene rings is 1. The zero-order valence-electron chi connectivity index (χ0n) is 14.6. The molecule has 2 rings (SSSR count). The summed E-state index contributed by atoms with van der Waals surface area (Å²) < 4.78 is 7.49. The van der Waals surface area contributed by atoms with Crippen molar-refractivity contribution in [3.8, 4) is 0 Å². The molecular weight excluding hydrogens is 354 g/mol. The third kappa shape index (κ3) is 4.03. The van der Waals surface area contributed by atoms with Crippen LogP contribution >= 0.6 is 15.9 Å². The van der Waals surface area contributed by atoms with E-state index >= 15 is 0 Å². The first kappa shape index (κ1) is 17.8. The maximum Gasteiger partial charge on any atom is 0.191 e. The van der Waals surface area contributed by atoms with Gasteiger partial charge >= 0.3 is 0 Å². The molecule has 22 heavy (non-hydrogen) atoms. The molecule has 122 valence electrons. The van der Waals surface area contributed by atoms with Crippen molar-refractivity contribution in [2.75, 3.05) is 6.61 Å². The molecule has 0 amide bonds. The van der Waals surface area contributed by atoms with Crippen molar-refractivity contribution in [3.05, 3.63) is 34.4 Å². The van der Waals surface area contributed by atoms with Gasteiger partial charge in [-0.1, -0.05) is 43.6 Å². The average Bonchev–Trinajstić information content (AvgIpc) is 2.78. The van der Waals surface area contributed by atoms with Crippen LogP contribution in [0.2, 0.25) is 18.1 Å². The molecular formula is C18H28BrNOSi. The normalized spacial score (nSPS) is 14.5. The minimum atomic E-state index is -1.65. The van der Waals surface area contributed by atoms with Crippen LogP contribution in [0.3, 0.4) is 0 Å². The van der Waals surface area contributed by atoms with Crippen LogP contribution in [-0.2, 0) is 10.8 Å². The van der Waals surface area contributed by atoms with Gasteiger partial charge in [0.05, 0.1) is 0 Å². The van der Waals surface area contributed by atoms with Crippen LogP contribution in [0.1, 0.15) is 33.3 Å². The minimum absolute atomic E-state index is 0.276. The Balaban J connectivity index is 2.02. The number of rotatable bonds is 5. The van der Waals surface area contributed by atoms with E-state index in [0.717, 1.165) is 17.5 Å². The van der Waals surface area contributed by atoms with E-state index in [4.69, 9.17) is 4.43 Å². The third-order valence-corrected chi connectivity index (χ3v) is 9.83. The number of fused-ring (bicyclic) bond motifs is 1. The van der Waals surface area contributed by atoms with Gasteiger partial charge in [-0.3, -0.25) is 0 Å². The van der Waals surface area contributed by atoms with Gasteiger partial charge in [-0.25, -0.2) is 0 Å². The second kappa shape index (κ2) is 6.50. The molecule has 2 nitrogen and oxygen atoms in total. The predicted octanol–water partition coefficient (Wildman–Crippen LogP) is 6.13. The summed E-state index contributed by atoms with van der Waals surface area (Å²) in [4.78, 5) is 3.36. The van der Waals surface area contributed by atoms with Crippen molar-refractivity contribution in [1.29, 1.82) is 0 Å². The summed E-state index contributed by atoms with van der Waals surface area (Å²) in [6.07, 6.45) is 3.19. The van der Waals surface area contributed by atoms with Crippen LogP contribution in [0.4, 0.5) is 0 Å².